The molecule has 1 saturated heterocycles. The van der Waals surface area contributed by atoms with Gasteiger partial charge in [0, 0.05) is 18.7 Å². The number of alkyl halides is 1. The molecule has 0 unspecified atom stereocenters. The van der Waals surface area contributed by atoms with Gasteiger partial charge in [-0.05, 0) is 35.9 Å². The van der Waals surface area contributed by atoms with E-state index in [0.29, 0.717) is 23.5 Å². The summed E-state index contributed by atoms with van der Waals surface area (Å²) < 4.78 is 19.5. The Balaban J connectivity index is 1.66. The number of morpholine rings is 1. The third kappa shape index (κ3) is 4.26. The van der Waals surface area contributed by atoms with Crippen molar-refractivity contribution in [3.05, 3.63) is 65.7 Å². The summed E-state index contributed by atoms with van der Waals surface area (Å²) in [6.07, 6.45) is -1.18. The quantitative estimate of drug-likeness (QED) is 0.571. The van der Waals surface area contributed by atoms with E-state index in [1.807, 2.05) is 4.90 Å². The highest BCUT2D eigenvalue weighted by atomic mass is 19.1. The molecule has 1 aliphatic rings. The van der Waals surface area contributed by atoms with Crippen LogP contribution in [0.4, 0.5) is 15.9 Å². The van der Waals surface area contributed by atoms with Crippen LogP contribution in [-0.4, -0.2) is 52.2 Å². The Bertz CT molecular complexity index is 1090. The number of aromatic hydroxyl groups is 1. The highest BCUT2D eigenvalue weighted by molar-refractivity contribution is 5.87. The number of carboxylic acids is 1. The van der Waals surface area contributed by atoms with Gasteiger partial charge in [0.25, 0.3) is 0 Å². The van der Waals surface area contributed by atoms with Crippen LogP contribution < -0.4 is 10.6 Å². The molecule has 4 rings (SSSR count). The minimum absolute atomic E-state index is 0.0625. The smallest absolute Gasteiger partial charge is 0.335 e. The lowest BCUT2D eigenvalue weighted by Crippen LogP contribution is -2.45. The molecular weight excluding hydrogens is 403 g/mol. The molecule has 0 aliphatic carbocycles. The molecule has 2 atom stereocenters. The van der Waals surface area contributed by atoms with Crippen LogP contribution in [0.25, 0.3) is 11.3 Å². The number of anilines is 2. The van der Waals surface area contributed by atoms with E-state index in [9.17, 15) is 14.3 Å². The van der Waals surface area contributed by atoms with Gasteiger partial charge in [0.05, 0.1) is 16.9 Å². The molecule has 3 aromatic rings. The van der Waals surface area contributed by atoms with E-state index in [-0.39, 0.29) is 23.7 Å². The van der Waals surface area contributed by atoms with Gasteiger partial charge >= 0.3 is 5.97 Å². The van der Waals surface area contributed by atoms with E-state index in [4.69, 9.17) is 15.6 Å². The Hall–Kier alpha value is -3.72. The number of hydrogen-bond acceptors (Lipinski definition) is 7. The molecule has 2 heterocycles. The average molecular weight is 424 g/mol. The summed E-state index contributed by atoms with van der Waals surface area (Å²) in [6, 6.07) is 14.8. The van der Waals surface area contributed by atoms with E-state index in [0.717, 1.165) is 5.56 Å². The zero-order valence-corrected chi connectivity index (χ0v) is 16.5. The maximum Gasteiger partial charge on any atom is 0.335 e. The van der Waals surface area contributed by atoms with Crippen LogP contribution in [-0.2, 0) is 4.74 Å². The number of carbonyl (C=O) groups is 1. The van der Waals surface area contributed by atoms with Crippen LogP contribution in [0.3, 0.4) is 0 Å². The predicted molar refractivity (Wildman–Crippen MR) is 113 cm³/mol. The molecule has 0 bridgehead atoms. The number of benzene rings is 2. The summed E-state index contributed by atoms with van der Waals surface area (Å²) in [4.78, 5) is 13.0. The predicted octanol–water partition coefficient (Wildman–Crippen LogP) is 3.05. The number of aromatic carboxylic acids is 1. The fourth-order valence-corrected chi connectivity index (χ4v) is 3.61. The van der Waals surface area contributed by atoms with Crippen molar-refractivity contribution in [1.82, 2.24) is 10.2 Å². The molecule has 4 N–H and O–H groups in total. The van der Waals surface area contributed by atoms with Crippen molar-refractivity contribution in [2.24, 2.45) is 0 Å². The molecule has 9 heteroatoms. The highest BCUT2D eigenvalue weighted by Crippen LogP contribution is 2.35. The largest absolute Gasteiger partial charge is 0.507 e. The zero-order chi connectivity index (χ0) is 22.0. The van der Waals surface area contributed by atoms with Gasteiger partial charge in [-0.2, -0.15) is 0 Å². The van der Waals surface area contributed by atoms with Crippen LogP contribution in [0.1, 0.15) is 22.0 Å². The molecule has 1 fully saturated rings. The van der Waals surface area contributed by atoms with Crippen LogP contribution in [0.15, 0.2) is 54.6 Å². The lowest BCUT2D eigenvalue weighted by atomic mass is 10.0. The third-order valence-electron chi connectivity index (χ3n) is 5.19. The van der Waals surface area contributed by atoms with Crippen LogP contribution in [0.2, 0.25) is 0 Å². The first kappa shape index (κ1) is 20.5. The number of rotatable bonds is 5. The Labute approximate surface area is 177 Å². The number of hydrogen-bond donors (Lipinski definition) is 3. The Morgan fingerprint density at radius 3 is 2.58 bits per heavy atom. The van der Waals surface area contributed by atoms with Gasteiger partial charge in [-0.25, -0.2) is 9.18 Å². The van der Waals surface area contributed by atoms with E-state index in [1.54, 1.807) is 42.5 Å². The summed E-state index contributed by atoms with van der Waals surface area (Å²) in [5.41, 5.74) is 8.48. The molecule has 0 saturated carbocycles. The van der Waals surface area contributed by atoms with Gasteiger partial charge in [0.2, 0.25) is 0 Å². The number of halogens is 1. The zero-order valence-electron chi connectivity index (χ0n) is 16.5. The number of aromatic nitrogens is 2. The third-order valence-corrected chi connectivity index (χ3v) is 5.19. The molecule has 31 heavy (non-hydrogen) atoms. The molecule has 0 radical (unpaired) electrons. The summed E-state index contributed by atoms with van der Waals surface area (Å²) in [7, 11) is 0. The topological polar surface area (TPSA) is 122 Å². The maximum atomic E-state index is 13.6. The molecule has 1 aromatic heterocycles. The van der Waals surface area contributed by atoms with Crippen molar-refractivity contribution in [2.45, 2.75) is 12.2 Å². The summed E-state index contributed by atoms with van der Waals surface area (Å²) in [5.74, 6) is -0.780. The van der Waals surface area contributed by atoms with Crippen LogP contribution in [0.5, 0.6) is 5.75 Å². The number of para-hydroxylation sites is 1. The van der Waals surface area contributed by atoms with Gasteiger partial charge in [-0.3, -0.25) is 0 Å². The number of phenolic OH excluding ortho intramolecular Hbond substituents is 1. The first-order chi connectivity index (χ1) is 15.0. The number of carboxylic acid groups (broad SMARTS) is 1. The second-order valence-corrected chi connectivity index (χ2v) is 7.25. The monoisotopic (exact) mass is 424 g/mol. The van der Waals surface area contributed by atoms with Gasteiger partial charge in [-0.1, -0.05) is 24.3 Å². The first-order valence-electron chi connectivity index (χ1n) is 9.67. The Morgan fingerprint density at radius 2 is 1.90 bits per heavy atom. The number of nitrogens with zero attached hydrogens (tertiary/aromatic N) is 3. The van der Waals surface area contributed by atoms with Crippen molar-refractivity contribution in [3.63, 3.8) is 0 Å². The molecule has 1 aliphatic heterocycles. The van der Waals surface area contributed by atoms with Crippen molar-refractivity contribution < 1.29 is 24.1 Å². The summed E-state index contributed by atoms with van der Waals surface area (Å²) >= 11 is 0. The fourth-order valence-electron chi connectivity index (χ4n) is 3.61. The van der Waals surface area contributed by atoms with Gasteiger partial charge in [0.1, 0.15) is 24.6 Å². The average Bonchev–Trinajstić information content (AvgIpc) is 2.79. The van der Waals surface area contributed by atoms with E-state index in [1.165, 1.54) is 12.1 Å². The second-order valence-electron chi connectivity index (χ2n) is 7.25. The fraction of sp³-hybridized carbons (Fsp3) is 0.227. The number of nitrogen functional groups attached to an aromatic ring is 1. The summed E-state index contributed by atoms with van der Waals surface area (Å²) in [6.45, 7) is -0.0692. The minimum atomic E-state index is -1.02. The minimum Gasteiger partial charge on any atom is -0.507 e. The number of nitrogens with two attached hydrogens (primary N) is 1. The number of phenols is 1. The van der Waals surface area contributed by atoms with Crippen molar-refractivity contribution in [2.75, 3.05) is 30.4 Å². The molecule has 0 amide bonds. The van der Waals surface area contributed by atoms with Crippen LogP contribution >= 0.6 is 0 Å². The van der Waals surface area contributed by atoms with Crippen LogP contribution in [0, 0.1) is 0 Å². The molecule has 160 valence electrons. The Kier molecular flexibility index (Phi) is 5.68. The SMILES string of the molecule is Nc1nnc(-c2ccccc2O)cc1N1C[C@@H](CF)O[C@@H](c2ccc(C(=O)O)cc2)C1. The van der Waals surface area contributed by atoms with Crippen molar-refractivity contribution in [3.8, 4) is 17.0 Å². The van der Waals surface area contributed by atoms with E-state index in [2.05, 4.69) is 10.2 Å². The van der Waals surface area contributed by atoms with Gasteiger partial charge in [0.15, 0.2) is 5.82 Å². The second kappa shape index (κ2) is 8.57. The maximum absolute atomic E-state index is 13.6. The number of ether oxygens (including phenoxy) is 1. The normalized spacial score (nSPS) is 18.7. The molecular formula is C22H21FN4O4. The lowest BCUT2D eigenvalue weighted by Gasteiger charge is -2.39. The standard InChI is InChI=1S/C22H21FN4O4/c23-10-15-11-27(12-20(31-15)13-5-7-14(8-6-13)22(29)30)18-9-17(25-26-21(18)24)16-3-1-2-4-19(16)28/h1-9,15,20,28H,10-12H2,(H2,24,26)(H,29,30)/t15-,20-/m1/s1. The Morgan fingerprint density at radius 1 is 1.16 bits per heavy atom. The highest BCUT2D eigenvalue weighted by Gasteiger charge is 2.31. The van der Waals surface area contributed by atoms with E-state index >= 15 is 0 Å². The van der Waals surface area contributed by atoms with Crippen molar-refractivity contribution in [1.29, 1.82) is 0 Å². The lowest BCUT2D eigenvalue weighted by molar-refractivity contribution is -0.0380. The molecule has 0 spiro atoms. The summed E-state index contributed by atoms with van der Waals surface area (Å²) in [5, 5.41) is 27.3. The van der Waals surface area contributed by atoms with E-state index < -0.39 is 24.9 Å². The van der Waals surface area contributed by atoms with Gasteiger partial charge in [-0.15, -0.1) is 10.2 Å². The van der Waals surface area contributed by atoms with Crippen molar-refractivity contribution >= 4 is 17.5 Å². The molecule has 8 nitrogen and oxygen atoms in total. The first-order valence-corrected chi connectivity index (χ1v) is 9.67. The van der Waals surface area contributed by atoms with Gasteiger partial charge < -0.3 is 25.6 Å². The molecule has 2 aromatic carbocycles.